The zero-order valence-corrected chi connectivity index (χ0v) is 12.3. The van der Waals surface area contributed by atoms with Gasteiger partial charge in [0.1, 0.15) is 0 Å². The van der Waals surface area contributed by atoms with Crippen molar-refractivity contribution < 1.29 is 4.79 Å². The number of halogens is 2. The van der Waals surface area contributed by atoms with Crippen molar-refractivity contribution in [3.63, 3.8) is 0 Å². The lowest BCUT2D eigenvalue weighted by Crippen LogP contribution is -2.39. The Balaban J connectivity index is 2.72. The molecule has 1 aromatic carbocycles. The Morgan fingerprint density at radius 1 is 1.33 bits per heavy atom. The van der Waals surface area contributed by atoms with Crippen LogP contribution in [0.2, 0.25) is 10.0 Å². The SMILES string of the molecule is CC(N)C(C)C(=O)N(C)Cc1ccc(Cl)c(Cl)c1. The van der Waals surface area contributed by atoms with Crippen molar-refractivity contribution in [3.05, 3.63) is 33.8 Å². The lowest BCUT2D eigenvalue weighted by atomic mass is 10.0. The van der Waals surface area contributed by atoms with Crippen LogP contribution in [0.15, 0.2) is 18.2 Å². The van der Waals surface area contributed by atoms with E-state index in [0.29, 0.717) is 16.6 Å². The molecule has 2 atom stereocenters. The molecule has 0 aliphatic heterocycles. The molecule has 0 radical (unpaired) electrons. The topological polar surface area (TPSA) is 46.3 Å². The fourth-order valence-corrected chi connectivity index (χ4v) is 1.88. The van der Waals surface area contributed by atoms with Gasteiger partial charge in [0, 0.05) is 19.6 Å². The van der Waals surface area contributed by atoms with Gasteiger partial charge >= 0.3 is 0 Å². The van der Waals surface area contributed by atoms with E-state index in [1.54, 1.807) is 24.1 Å². The second kappa shape index (κ2) is 6.41. The van der Waals surface area contributed by atoms with Gasteiger partial charge in [0.25, 0.3) is 0 Å². The van der Waals surface area contributed by atoms with Crippen molar-refractivity contribution in [2.45, 2.75) is 26.4 Å². The highest BCUT2D eigenvalue weighted by Gasteiger charge is 2.20. The first-order valence-corrected chi connectivity index (χ1v) is 6.53. The first-order valence-electron chi connectivity index (χ1n) is 5.77. The number of benzene rings is 1. The Labute approximate surface area is 118 Å². The van der Waals surface area contributed by atoms with Gasteiger partial charge < -0.3 is 10.6 Å². The van der Waals surface area contributed by atoms with Gasteiger partial charge in [-0.1, -0.05) is 36.2 Å². The number of rotatable bonds is 4. The molecule has 2 unspecified atom stereocenters. The fraction of sp³-hybridized carbons (Fsp3) is 0.462. The molecule has 0 heterocycles. The fourth-order valence-electron chi connectivity index (χ4n) is 1.56. The summed E-state index contributed by atoms with van der Waals surface area (Å²) in [6.07, 6.45) is 0. The Morgan fingerprint density at radius 2 is 1.94 bits per heavy atom. The maximum Gasteiger partial charge on any atom is 0.226 e. The third-order valence-corrected chi connectivity index (χ3v) is 3.70. The van der Waals surface area contributed by atoms with E-state index in [0.717, 1.165) is 5.56 Å². The molecule has 0 bridgehead atoms. The van der Waals surface area contributed by atoms with Gasteiger partial charge in [-0.15, -0.1) is 0 Å². The van der Waals surface area contributed by atoms with Crippen LogP contribution in [0.4, 0.5) is 0 Å². The Hall–Kier alpha value is -0.770. The number of hydrogen-bond donors (Lipinski definition) is 1. The molecular weight excluding hydrogens is 271 g/mol. The molecule has 0 saturated heterocycles. The number of amides is 1. The van der Waals surface area contributed by atoms with E-state index >= 15 is 0 Å². The normalized spacial score (nSPS) is 14.1. The van der Waals surface area contributed by atoms with Gasteiger partial charge in [-0.2, -0.15) is 0 Å². The maximum absolute atomic E-state index is 12.0. The van der Waals surface area contributed by atoms with Crippen LogP contribution in [0.25, 0.3) is 0 Å². The predicted octanol–water partition coefficient (Wildman–Crippen LogP) is 2.94. The summed E-state index contributed by atoms with van der Waals surface area (Å²) in [6, 6.07) is 5.19. The van der Waals surface area contributed by atoms with Crippen LogP contribution in [0, 0.1) is 5.92 Å². The molecular formula is C13H18Cl2N2O. The third-order valence-electron chi connectivity index (χ3n) is 2.96. The van der Waals surface area contributed by atoms with E-state index in [1.165, 1.54) is 0 Å². The lowest BCUT2D eigenvalue weighted by molar-refractivity contribution is -0.134. The molecule has 0 aliphatic carbocycles. The van der Waals surface area contributed by atoms with Crippen LogP contribution in [-0.2, 0) is 11.3 Å². The Bertz CT molecular complexity index is 435. The molecule has 0 aromatic heterocycles. The van der Waals surface area contributed by atoms with E-state index in [2.05, 4.69) is 0 Å². The molecule has 5 heteroatoms. The monoisotopic (exact) mass is 288 g/mol. The van der Waals surface area contributed by atoms with Gasteiger partial charge in [0.15, 0.2) is 0 Å². The van der Waals surface area contributed by atoms with E-state index < -0.39 is 0 Å². The molecule has 1 aromatic rings. The highest BCUT2D eigenvalue weighted by molar-refractivity contribution is 6.42. The van der Waals surface area contributed by atoms with Gasteiger partial charge in [-0.25, -0.2) is 0 Å². The molecule has 0 saturated carbocycles. The van der Waals surface area contributed by atoms with Crippen molar-refractivity contribution in [1.29, 1.82) is 0 Å². The molecule has 1 rings (SSSR count). The molecule has 100 valence electrons. The van der Waals surface area contributed by atoms with Gasteiger partial charge in [-0.3, -0.25) is 4.79 Å². The van der Waals surface area contributed by atoms with Crippen LogP contribution >= 0.6 is 23.2 Å². The summed E-state index contributed by atoms with van der Waals surface area (Å²) in [5.41, 5.74) is 6.67. The van der Waals surface area contributed by atoms with Crippen LogP contribution in [0.1, 0.15) is 19.4 Å². The quantitative estimate of drug-likeness (QED) is 0.926. The number of nitrogens with zero attached hydrogens (tertiary/aromatic N) is 1. The summed E-state index contributed by atoms with van der Waals surface area (Å²) in [5.74, 6) is -0.172. The van der Waals surface area contributed by atoms with Crippen LogP contribution in [0.3, 0.4) is 0 Å². The average molecular weight is 289 g/mol. The predicted molar refractivity (Wildman–Crippen MR) is 75.7 cm³/mol. The lowest BCUT2D eigenvalue weighted by Gasteiger charge is -2.23. The maximum atomic E-state index is 12.0. The van der Waals surface area contributed by atoms with Gasteiger partial charge in [0.2, 0.25) is 5.91 Å². The van der Waals surface area contributed by atoms with E-state index in [4.69, 9.17) is 28.9 Å². The largest absolute Gasteiger partial charge is 0.341 e. The van der Waals surface area contributed by atoms with Crippen molar-refractivity contribution in [3.8, 4) is 0 Å². The zero-order chi connectivity index (χ0) is 13.9. The van der Waals surface area contributed by atoms with Crippen LogP contribution < -0.4 is 5.73 Å². The number of hydrogen-bond acceptors (Lipinski definition) is 2. The molecule has 3 nitrogen and oxygen atoms in total. The van der Waals surface area contributed by atoms with Crippen LogP contribution in [-0.4, -0.2) is 23.9 Å². The standard InChI is InChI=1S/C13H18Cl2N2O/c1-8(9(2)16)13(18)17(3)7-10-4-5-11(14)12(15)6-10/h4-6,8-9H,7,16H2,1-3H3. The number of carbonyl (C=O) groups excluding carboxylic acids is 1. The minimum atomic E-state index is -0.197. The van der Waals surface area contributed by atoms with E-state index in [-0.39, 0.29) is 17.9 Å². The summed E-state index contributed by atoms with van der Waals surface area (Å²) < 4.78 is 0. The summed E-state index contributed by atoms with van der Waals surface area (Å²) >= 11 is 11.8. The first kappa shape index (κ1) is 15.3. The van der Waals surface area contributed by atoms with Crippen LogP contribution in [0.5, 0.6) is 0 Å². The van der Waals surface area contributed by atoms with E-state index in [9.17, 15) is 4.79 Å². The second-order valence-corrected chi connectivity index (χ2v) is 5.40. The minimum Gasteiger partial charge on any atom is -0.341 e. The summed E-state index contributed by atoms with van der Waals surface area (Å²) in [4.78, 5) is 13.7. The summed E-state index contributed by atoms with van der Waals surface area (Å²) in [6.45, 7) is 4.15. The minimum absolute atomic E-state index is 0.0241. The Kier molecular flexibility index (Phi) is 5.45. The van der Waals surface area contributed by atoms with Crippen molar-refractivity contribution in [2.24, 2.45) is 11.7 Å². The highest BCUT2D eigenvalue weighted by atomic mass is 35.5. The number of carbonyl (C=O) groups is 1. The molecule has 18 heavy (non-hydrogen) atoms. The van der Waals surface area contributed by atoms with E-state index in [1.807, 2.05) is 19.9 Å². The van der Waals surface area contributed by atoms with Crippen molar-refractivity contribution in [2.75, 3.05) is 7.05 Å². The smallest absolute Gasteiger partial charge is 0.226 e. The van der Waals surface area contributed by atoms with Crippen molar-refractivity contribution in [1.82, 2.24) is 4.90 Å². The van der Waals surface area contributed by atoms with Gasteiger partial charge in [0.05, 0.1) is 16.0 Å². The molecule has 0 aliphatic rings. The third kappa shape index (κ3) is 3.87. The number of nitrogens with two attached hydrogens (primary N) is 1. The van der Waals surface area contributed by atoms with Gasteiger partial charge in [-0.05, 0) is 24.6 Å². The molecule has 1 amide bonds. The summed E-state index contributed by atoms with van der Waals surface area (Å²) in [7, 11) is 1.75. The second-order valence-electron chi connectivity index (χ2n) is 4.59. The first-order chi connectivity index (χ1) is 8.32. The Morgan fingerprint density at radius 3 is 2.44 bits per heavy atom. The average Bonchev–Trinajstić information content (AvgIpc) is 2.31. The summed E-state index contributed by atoms with van der Waals surface area (Å²) in [5, 5.41) is 1.01. The molecule has 2 N–H and O–H groups in total. The highest BCUT2D eigenvalue weighted by Crippen LogP contribution is 2.23. The molecule has 0 spiro atoms. The molecule has 0 fully saturated rings. The van der Waals surface area contributed by atoms with Crippen molar-refractivity contribution >= 4 is 29.1 Å². The zero-order valence-electron chi connectivity index (χ0n) is 10.8.